The molecule has 0 fully saturated rings. The van der Waals surface area contributed by atoms with E-state index in [-0.39, 0.29) is 12.2 Å². The van der Waals surface area contributed by atoms with Crippen LogP contribution in [-0.2, 0) is 4.79 Å². The van der Waals surface area contributed by atoms with Crippen molar-refractivity contribution < 1.29 is 14.3 Å². The van der Waals surface area contributed by atoms with Crippen molar-refractivity contribution in [3.63, 3.8) is 0 Å². The largest absolute Gasteiger partial charge is 0.478 e. The predicted molar refractivity (Wildman–Crippen MR) is 59.2 cm³/mol. The zero-order chi connectivity index (χ0) is 12.0. The number of carboxylic acids is 1. The Morgan fingerprint density at radius 1 is 1.36 bits per heavy atom. The van der Waals surface area contributed by atoms with Crippen LogP contribution in [0.2, 0.25) is 0 Å². The Labute approximate surface area is 86.1 Å². The fourth-order valence-corrected chi connectivity index (χ4v) is 0.344. The van der Waals surface area contributed by atoms with Gasteiger partial charge in [0.1, 0.15) is 0 Å². The molecule has 14 heavy (non-hydrogen) atoms. The number of carboxylic acid groups (broad SMARTS) is 1. The van der Waals surface area contributed by atoms with Crippen molar-refractivity contribution in [2.24, 2.45) is 0 Å². The Bertz CT molecular complexity index is 128. The van der Waals surface area contributed by atoms with Gasteiger partial charge in [0, 0.05) is 5.57 Å². The molecule has 0 saturated heterocycles. The highest BCUT2D eigenvalue weighted by Gasteiger charge is 1.90. The molecule has 0 bridgehead atoms. The van der Waals surface area contributed by atoms with E-state index in [1.165, 1.54) is 6.92 Å². The number of hydrogen-bond acceptors (Lipinski definition) is 1. The van der Waals surface area contributed by atoms with Crippen LogP contribution in [0.5, 0.6) is 0 Å². The highest BCUT2D eigenvalue weighted by Crippen LogP contribution is 1.91. The van der Waals surface area contributed by atoms with Crippen LogP contribution >= 0.6 is 0 Å². The minimum atomic E-state index is -0.935. The topological polar surface area (TPSA) is 37.3 Å². The quantitative estimate of drug-likeness (QED) is 0.431. The summed E-state index contributed by atoms with van der Waals surface area (Å²) >= 11 is 0. The van der Waals surface area contributed by atoms with Gasteiger partial charge in [0.15, 0.2) is 0 Å². The van der Waals surface area contributed by atoms with Gasteiger partial charge in [-0.1, -0.05) is 26.3 Å². The third-order valence-electron chi connectivity index (χ3n) is 1.10. The summed E-state index contributed by atoms with van der Waals surface area (Å²) in [6.07, 6.45) is 2.90. The zero-order valence-corrected chi connectivity index (χ0v) is 9.18. The van der Waals surface area contributed by atoms with Crippen molar-refractivity contribution in [1.82, 2.24) is 0 Å². The van der Waals surface area contributed by atoms with Crippen LogP contribution in [0.1, 0.15) is 33.1 Å². The first-order valence-electron chi connectivity index (χ1n) is 4.51. The van der Waals surface area contributed by atoms with Gasteiger partial charge in [0.05, 0.1) is 6.67 Å². The molecule has 0 aromatic carbocycles. The monoisotopic (exact) mass is 204 g/mol. The van der Waals surface area contributed by atoms with E-state index in [4.69, 9.17) is 5.11 Å². The summed E-state index contributed by atoms with van der Waals surface area (Å²) in [7, 11) is 0. The van der Waals surface area contributed by atoms with Gasteiger partial charge in [-0.3, -0.25) is 4.39 Å². The maximum atomic E-state index is 11.2. The lowest BCUT2D eigenvalue weighted by Crippen LogP contribution is -1.92. The van der Waals surface area contributed by atoms with Crippen LogP contribution in [0, 0.1) is 0 Å². The molecule has 0 aromatic heterocycles. The lowest BCUT2D eigenvalue weighted by molar-refractivity contribution is -0.132. The molecule has 0 amide bonds. The lowest BCUT2D eigenvalue weighted by Gasteiger charge is -1.84. The summed E-state index contributed by atoms with van der Waals surface area (Å²) < 4.78 is 11.2. The second-order valence-corrected chi connectivity index (χ2v) is 2.48. The first kappa shape index (κ1) is 18.6. The SMILES string of the molecule is C=C.C=C(C)C(=O)O.CCCCCF. The second-order valence-electron chi connectivity index (χ2n) is 2.48. The standard InChI is InChI=1S/C5H11F.C4H6O2.C2H4/c1-2-3-4-5-6;1-3(2)4(5)6;1-2/h2-5H2,1H3;1H2,2H3,(H,5,6);1-2H2. The molecule has 0 aliphatic carbocycles. The number of alkyl halides is 1. The van der Waals surface area contributed by atoms with Gasteiger partial charge in [-0.15, -0.1) is 13.2 Å². The zero-order valence-electron chi connectivity index (χ0n) is 9.18. The molecule has 0 aliphatic heterocycles. The van der Waals surface area contributed by atoms with Gasteiger partial charge in [-0.2, -0.15) is 0 Å². The highest BCUT2D eigenvalue weighted by molar-refractivity contribution is 5.84. The third kappa shape index (κ3) is 30.7. The minimum Gasteiger partial charge on any atom is -0.478 e. The molecule has 3 heteroatoms. The normalized spacial score (nSPS) is 7.36. The number of unbranched alkanes of at least 4 members (excludes halogenated alkanes) is 2. The smallest absolute Gasteiger partial charge is 0.330 e. The average molecular weight is 204 g/mol. The molecule has 0 atom stereocenters. The molecule has 84 valence electrons. The highest BCUT2D eigenvalue weighted by atomic mass is 19.1. The number of carbonyl (C=O) groups is 1. The van der Waals surface area contributed by atoms with Gasteiger partial charge in [-0.25, -0.2) is 4.79 Å². The van der Waals surface area contributed by atoms with Crippen molar-refractivity contribution >= 4 is 5.97 Å². The summed E-state index contributed by atoms with van der Waals surface area (Å²) in [4.78, 5) is 9.60. The molecule has 0 radical (unpaired) electrons. The molecule has 0 heterocycles. The Morgan fingerprint density at radius 2 is 1.71 bits per heavy atom. The van der Waals surface area contributed by atoms with Crippen molar-refractivity contribution in [2.45, 2.75) is 33.1 Å². The maximum Gasteiger partial charge on any atom is 0.330 e. The molecule has 0 rings (SSSR count). The third-order valence-corrected chi connectivity index (χ3v) is 1.10. The van der Waals surface area contributed by atoms with E-state index in [0.717, 1.165) is 19.3 Å². The number of halogens is 1. The first-order valence-corrected chi connectivity index (χ1v) is 4.51. The van der Waals surface area contributed by atoms with Gasteiger partial charge >= 0.3 is 5.97 Å². The van der Waals surface area contributed by atoms with Crippen molar-refractivity contribution in [3.8, 4) is 0 Å². The van der Waals surface area contributed by atoms with Gasteiger partial charge in [0.2, 0.25) is 0 Å². The molecular weight excluding hydrogens is 183 g/mol. The first-order chi connectivity index (χ1) is 6.56. The second kappa shape index (κ2) is 17.8. The summed E-state index contributed by atoms with van der Waals surface area (Å²) in [5.41, 5.74) is 0.176. The molecule has 1 N–H and O–H groups in total. The predicted octanol–water partition coefficient (Wildman–Crippen LogP) is 3.60. The summed E-state index contributed by atoms with van der Waals surface area (Å²) in [5, 5.41) is 7.89. The minimum absolute atomic E-state index is 0.145. The van der Waals surface area contributed by atoms with Crippen molar-refractivity contribution in [3.05, 3.63) is 25.3 Å². The van der Waals surface area contributed by atoms with E-state index in [2.05, 4.69) is 26.7 Å². The molecule has 0 aromatic rings. The Balaban J connectivity index is -0.000000147. The Kier molecular flexibility index (Phi) is 23.7. The van der Waals surface area contributed by atoms with Crippen LogP contribution in [0.15, 0.2) is 25.3 Å². The van der Waals surface area contributed by atoms with Crippen LogP contribution in [0.4, 0.5) is 4.39 Å². The van der Waals surface area contributed by atoms with E-state index in [0.29, 0.717) is 0 Å². The summed E-state index contributed by atoms with van der Waals surface area (Å²) in [6.45, 7) is 12.5. The fourth-order valence-electron chi connectivity index (χ4n) is 0.344. The van der Waals surface area contributed by atoms with E-state index in [1.54, 1.807) is 0 Å². The molecule has 0 aliphatic rings. The maximum absolute atomic E-state index is 11.2. The molecule has 0 saturated carbocycles. The van der Waals surface area contributed by atoms with Crippen LogP contribution in [0.25, 0.3) is 0 Å². The molecular formula is C11H21FO2. The van der Waals surface area contributed by atoms with Gasteiger partial charge in [-0.05, 0) is 13.3 Å². The number of aliphatic carboxylic acids is 1. The number of rotatable bonds is 4. The van der Waals surface area contributed by atoms with Crippen LogP contribution in [-0.4, -0.2) is 17.8 Å². The van der Waals surface area contributed by atoms with E-state index >= 15 is 0 Å². The van der Waals surface area contributed by atoms with Crippen LogP contribution < -0.4 is 0 Å². The van der Waals surface area contributed by atoms with Crippen molar-refractivity contribution in [1.29, 1.82) is 0 Å². The average Bonchev–Trinajstić information content (AvgIpc) is 2.18. The van der Waals surface area contributed by atoms with E-state index in [1.807, 2.05) is 0 Å². The van der Waals surface area contributed by atoms with Gasteiger partial charge in [0.25, 0.3) is 0 Å². The molecule has 2 nitrogen and oxygen atoms in total. The lowest BCUT2D eigenvalue weighted by atomic mass is 10.3. The van der Waals surface area contributed by atoms with E-state index in [9.17, 15) is 9.18 Å². The fraction of sp³-hybridized carbons (Fsp3) is 0.545. The summed E-state index contributed by atoms with van der Waals surface area (Å²) in [6, 6.07) is 0. The Hall–Kier alpha value is -1.12. The molecule has 0 unspecified atom stereocenters. The van der Waals surface area contributed by atoms with Crippen LogP contribution in [0.3, 0.4) is 0 Å². The van der Waals surface area contributed by atoms with Gasteiger partial charge < -0.3 is 5.11 Å². The molecule has 0 spiro atoms. The van der Waals surface area contributed by atoms with E-state index < -0.39 is 5.97 Å². The number of hydrogen-bond donors (Lipinski definition) is 1. The van der Waals surface area contributed by atoms with Crippen molar-refractivity contribution in [2.75, 3.05) is 6.67 Å². The Morgan fingerprint density at radius 3 is 1.79 bits per heavy atom. The summed E-state index contributed by atoms with van der Waals surface area (Å²) in [5.74, 6) is -0.935.